The fraction of sp³-hybridized carbons (Fsp3) is 0.833. The van der Waals surface area contributed by atoms with Gasteiger partial charge in [0.25, 0.3) is 0 Å². The van der Waals surface area contributed by atoms with Gasteiger partial charge in [0.15, 0.2) is 0 Å². The van der Waals surface area contributed by atoms with Crippen molar-refractivity contribution in [1.82, 2.24) is 0 Å². The highest BCUT2D eigenvalue weighted by molar-refractivity contribution is 5.79. The van der Waals surface area contributed by atoms with Crippen molar-refractivity contribution in [2.75, 3.05) is 0 Å². The van der Waals surface area contributed by atoms with Gasteiger partial charge in [-0.2, -0.15) is 0 Å². The Morgan fingerprint density at radius 2 is 2.20 bits per heavy atom. The molecule has 0 rings (SSSR count). The molecular formula is C6H14N2O2. The second-order valence-electron chi connectivity index (χ2n) is 2.30. The first-order chi connectivity index (χ1) is 4.59. The van der Waals surface area contributed by atoms with E-state index in [0.717, 1.165) is 6.42 Å². The van der Waals surface area contributed by atoms with Crippen molar-refractivity contribution < 1.29 is 9.90 Å². The van der Waals surface area contributed by atoms with Crippen LogP contribution in [0.2, 0.25) is 0 Å². The van der Waals surface area contributed by atoms with E-state index in [4.69, 9.17) is 16.6 Å². The summed E-state index contributed by atoms with van der Waals surface area (Å²) in [7, 11) is 0. The molecule has 4 heteroatoms. The van der Waals surface area contributed by atoms with Gasteiger partial charge in [-0.05, 0) is 6.42 Å². The predicted molar refractivity (Wildman–Crippen MR) is 38.1 cm³/mol. The number of aliphatic hydroxyl groups is 1. The highest BCUT2D eigenvalue weighted by Crippen LogP contribution is 1.97. The molecule has 5 N–H and O–H groups in total. The summed E-state index contributed by atoms with van der Waals surface area (Å²) >= 11 is 0. The highest BCUT2D eigenvalue weighted by atomic mass is 16.3. The molecule has 0 saturated carbocycles. The maximum atomic E-state index is 10.3. The summed E-state index contributed by atoms with van der Waals surface area (Å²) in [5.41, 5.74) is 10.2. The molecule has 0 bridgehead atoms. The predicted octanol–water partition coefficient (Wildman–Crippen LogP) is -1.04. The zero-order valence-corrected chi connectivity index (χ0v) is 6.08. The zero-order valence-electron chi connectivity index (χ0n) is 6.08. The monoisotopic (exact) mass is 146 g/mol. The minimum atomic E-state index is -1.19. The number of hydrogen-bond donors (Lipinski definition) is 3. The molecule has 0 aliphatic carbocycles. The Bertz CT molecular complexity index is 116. The first-order valence-corrected chi connectivity index (χ1v) is 3.32. The number of primary amides is 1. The molecule has 4 nitrogen and oxygen atoms in total. The summed E-state index contributed by atoms with van der Waals surface area (Å²) in [6, 6.07) is -0.512. The van der Waals surface area contributed by atoms with Gasteiger partial charge in [0.05, 0.1) is 0 Å². The van der Waals surface area contributed by atoms with Crippen molar-refractivity contribution in [1.29, 1.82) is 0 Å². The van der Waals surface area contributed by atoms with Gasteiger partial charge < -0.3 is 16.6 Å². The number of hydrogen-bond acceptors (Lipinski definition) is 3. The molecule has 0 aromatic rings. The molecule has 0 aromatic heterocycles. The number of rotatable bonds is 4. The van der Waals surface area contributed by atoms with Crippen molar-refractivity contribution in [2.45, 2.75) is 31.9 Å². The van der Waals surface area contributed by atoms with E-state index >= 15 is 0 Å². The fourth-order valence-electron chi connectivity index (χ4n) is 0.702. The molecule has 0 heterocycles. The van der Waals surface area contributed by atoms with Crippen molar-refractivity contribution in [3.8, 4) is 0 Å². The molecule has 0 aliphatic rings. The van der Waals surface area contributed by atoms with Crippen molar-refractivity contribution >= 4 is 5.91 Å². The standard InChI is InChI=1S/C6H14N2O2/c1-2-3-4(7)5(9)6(8)10/h4-5,9H,2-3,7H2,1H3,(H2,8,10). The Morgan fingerprint density at radius 3 is 2.50 bits per heavy atom. The zero-order chi connectivity index (χ0) is 8.15. The molecular weight excluding hydrogens is 132 g/mol. The molecule has 60 valence electrons. The molecule has 1 amide bonds. The van der Waals surface area contributed by atoms with Crippen LogP contribution in [0.15, 0.2) is 0 Å². The van der Waals surface area contributed by atoms with E-state index in [1.54, 1.807) is 0 Å². The summed E-state index contributed by atoms with van der Waals surface area (Å²) in [5.74, 6) is -0.749. The van der Waals surface area contributed by atoms with Gasteiger partial charge in [0.1, 0.15) is 6.10 Å². The maximum Gasteiger partial charge on any atom is 0.247 e. The van der Waals surface area contributed by atoms with Gasteiger partial charge in [-0.25, -0.2) is 0 Å². The lowest BCUT2D eigenvalue weighted by molar-refractivity contribution is -0.127. The Kier molecular flexibility index (Phi) is 3.99. The number of carbonyl (C=O) groups excluding carboxylic acids is 1. The molecule has 10 heavy (non-hydrogen) atoms. The van der Waals surface area contributed by atoms with E-state index in [1.807, 2.05) is 6.92 Å². The minimum absolute atomic E-state index is 0.512. The van der Waals surface area contributed by atoms with E-state index < -0.39 is 18.1 Å². The minimum Gasteiger partial charge on any atom is -0.382 e. The van der Waals surface area contributed by atoms with Crippen LogP contribution in [0.5, 0.6) is 0 Å². The first kappa shape index (κ1) is 9.39. The van der Waals surface area contributed by atoms with Crippen LogP contribution >= 0.6 is 0 Å². The lowest BCUT2D eigenvalue weighted by Gasteiger charge is -2.13. The molecule has 0 saturated heterocycles. The van der Waals surface area contributed by atoms with Crippen LogP contribution in [0.4, 0.5) is 0 Å². The average molecular weight is 146 g/mol. The largest absolute Gasteiger partial charge is 0.382 e. The Morgan fingerprint density at radius 1 is 1.70 bits per heavy atom. The van der Waals surface area contributed by atoms with E-state index in [0.29, 0.717) is 6.42 Å². The fourth-order valence-corrected chi connectivity index (χ4v) is 0.702. The van der Waals surface area contributed by atoms with Crippen LogP contribution < -0.4 is 11.5 Å². The first-order valence-electron chi connectivity index (χ1n) is 3.32. The summed E-state index contributed by atoms with van der Waals surface area (Å²) in [4.78, 5) is 10.3. The highest BCUT2D eigenvalue weighted by Gasteiger charge is 2.18. The summed E-state index contributed by atoms with van der Waals surface area (Å²) < 4.78 is 0. The lowest BCUT2D eigenvalue weighted by Crippen LogP contribution is -2.43. The third-order valence-electron chi connectivity index (χ3n) is 1.32. The Hall–Kier alpha value is -0.610. The van der Waals surface area contributed by atoms with Crippen LogP contribution in [-0.4, -0.2) is 23.2 Å². The van der Waals surface area contributed by atoms with E-state index in [-0.39, 0.29) is 0 Å². The number of carbonyl (C=O) groups is 1. The summed E-state index contributed by atoms with van der Waals surface area (Å²) in [5, 5.41) is 8.93. The van der Waals surface area contributed by atoms with E-state index in [9.17, 15) is 4.79 Å². The van der Waals surface area contributed by atoms with Crippen LogP contribution in [-0.2, 0) is 4.79 Å². The second-order valence-corrected chi connectivity index (χ2v) is 2.30. The molecule has 0 radical (unpaired) electrons. The quantitative estimate of drug-likeness (QED) is 0.473. The normalized spacial score (nSPS) is 16.3. The number of amides is 1. The molecule has 0 spiro atoms. The summed E-state index contributed by atoms with van der Waals surface area (Å²) in [6.07, 6.45) is 0.259. The van der Waals surface area contributed by atoms with Crippen LogP contribution in [0.3, 0.4) is 0 Å². The number of nitrogens with two attached hydrogens (primary N) is 2. The molecule has 0 aliphatic heterocycles. The van der Waals surface area contributed by atoms with Crippen LogP contribution in [0.25, 0.3) is 0 Å². The van der Waals surface area contributed by atoms with Gasteiger partial charge in [-0.1, -0.05) is 13.3 Å². The van der Waals surface area contributed by atoms with Gasteiger partial charge in [-0.3, -0.25) is 4.79 Å². The molecule has 2 atom stereocenters. The SMILES string of the molecule is CCCC(N)C(O)C(N)=O. The topological polar surface area (TPSA) is 89.3 Å². The Labute approximate surface area is 60.2 Å². The van der Waals surface area contributed by atoms with E-state index in [1.165, 1.54) is 0 Å². The van der Waals surface area contributed by atoms with Crippen molar-refractivity contribution in [2.24, 2.45) is 11.5 Å². The smallest absolute Gasteiger partial charge is 0.247 e. The van der Waals surface area contributed by atoms with Gasteiger partial charge in [-0.15, -0.1) is 0 Å². The van der Waals surface area contributed by atoms with Gasteiger partial charge >= 0.3 is 0 Å². The van der Waals surface area contributed by atoms with Gasteiger partial charge in [0, 0.05) is 6.04 Å². The third kappa shape index (κ3) is 2.80. The van der Waals surface area contributed by atoms with Crippen LogP contribution in [0, 0.1) is 0 Å². The average Bonchev–Trinajstić information content (AvgIpc) is 1.87. The van der Waals surface area contributed by atoms with Crippen LogP contribution in [0.1, 0.15) is 19.8 Å². The summed E-state index contributed by atoms with van der Waals surface area (Å²) in [6.45, 7) is 1.92. The molecule has 0 fully saturated rings. The number of aliphatic hydroxyl groups excluding tert-OH is 1. The third-order valence-corrected chi connectivity index (χ3v) is 1.32. The van der Waals surface area contributed by atoms with Crippen molar-refractivity contribution in [3.63, 3.8) is 0 Å². The second kappa shape index (κ2) is 4.24. The molecule has 2 unspecified atom stereocenters. The lowest BCUT2D eigenvalue weighted by atomic mass is 10.1. The van der Waals surface area contributed by atoms with E-state index in [2.05, 4.69) is 0 Å². The molecule has 0 aromatic carbocycles. The Balaban J connectivity index is 3.69. The van der Waals surface area contributed by atoms with Gasteiger partial charge in [0.2, 0.25) is 5.91 Å². The maximum absolute atomic E-state index is 10.3. The van der Waals surface area contributed by atoms with Crippen molar-refractivity contribution in [3.05, 3.63) is 0 Å².